The zero-order valence-corrected chi connectivity index (χ0v) is 15.7. The summed E-state index contributed by atoms with van der Waals surface area (Å²) in [4.78, 5) is 0. The third-order valence-electron chi connectivity index (χ3n) is 4.82. The number of alkyl halides is 3. The molecule has 0 radical (unpaired) electrons. The number of hydrogen-bond acceptors (Lipinski definition) is 0. The quantitative estimate of drug-likeness (QED) is 0.283. The van der Waals surface area contributed by atoms with Gasteiger partial charge in [-0.25, -0.2) is 22.0 Å². The highest BCUT2D eigenvalue weighted by atomic mass is 19.4. The molecule has 0 heterocycles. The van der Waals surface area contributed by atoms with Crippen LogP contribution in [-0.2, 0) is 12.6 Å². The van der Waals surface area contributed by atoms with Crippen molar-refractivity contribution in [2.75, 3.05) is 0 Å². The summed E-state index contributed by atoms with van der Waals surface area (Å²) in [5, 5.41) is -1.69. The Morgan fingerprint density at radius 2 is 1.37 bits per heavy atom. The van der Waals surface area contributed by atoms with E-state index in [0.717, 1.165) is 37.5 Å². The lowest BCUT2D eigenvalue weighted by Gasteiger charge is -2.14. The van der Waals surface area contributed by atoms with E-state index in [1.165, 1.54) is 0 Å². The van der Waals surface area contributed by atoms with E-state index in [-0.39, 0.29) is 5.56 Å². The number of hydrogen-bond donors (Lipinski definition) is 0. The zero-order chi connectivity index (χ0) is 22.2. The lowest BCUT2D eigenvalue weighted by atomic mass is 9.96. The van der Waals surface area contributed by atoms with Crippen LogP contribution in [0.1, 0.15) is 37.3 Å². The molecular weight excluding hydrogens is 416 g/mol. The molecule has 0 nitrogen and oxygen atoms in total. The standard InChI is InChI=1S/C22H16F8/c1-2-3-4-5-11-6-14(23)18(15(24)7-11)12-8-13-10-17(26)20(22(28,29)30)21(27)19(13)16(25)9-12/h6-10H,2-5H2,1H3. The van der Waals surface area contributed by atoms with E-state index in [1.807, 2.05) is 6.92 Å². The third-order valence-corrected chi connectivity index (χ3v) is 4.82. The maximum absolute atomic E-state index is 14.6. The Morgan fingerprint density at radius 1 is 0.733 bits per heavy atom. The van der Waals surface area contributed by atoms with Gasteiger partial charge in [-0.1, -0.05) is 19.8 Å². The molecule has 0 amide bonds. The molecule has 0 atom stereocenters. The molecule has 160 valence electrons. The van der Waals surface area contributed by atoms with Crippen LogP contribution < -0.4 is 0 Å². The smallest absolute Gasteiger partial charge is 0.206 e. The number of rotatable bonds is 5. The van der Waals surface area contributed by atoms with E-state index >= 15 is 0 Å². The van der Waals surface area contributed by atoms with Gasteiger partial charge in [0.2, 0.25) is 0 Å². The Bertz CT molecular complexity index is 1080. The molecule has 0 aromatic heterocycles. The van der Waals surface area contributed by atoms with Crippen molar-refractivity contribution in [3.8, 4) is 11.1 Å². The molecule has 0 fully saturated rings. The van der Waals surface area contributed by atoms with Crippen molar-refractivity contribution in [2.45, 2.75) is 38.8 Å². The first-order valence-corrected chi connectivity index (χ1v) is 9.21. The van der Waals surface area contributed by atoms with E-state index in [4.69, 9.17) is 0 Å². The Labute approximate surface area is 167 Å². The van der Waals surface area contributed by atoms with Crippen LogP contribution in [0.5, 0.6) is 0 Å². The molecule has 30 heavy (non-hydrogen) atoms. The first-order chi connectivity index (χ1) is 14.0. The van der Waals surface area contributed by atoms with Gasteiger partial charge in [0.25, 0.3) is 0 Å². The van der Waals surface area contributed by atoms with Crippen molar-refractivity contribution in [1.82, 2.24) is 0 Å². The van der Waals surface area contributed by atoms with E-state index in [1.54, 1.807) is 0 Å². The fourth-order valence-electron chi connectivity index (χ4n) is 3.44. The van der Waals surface area contributed by atoms with E-state index in [9.17, 15) is 35.1 Å². The first-order valence-electron chi connectivity index (χ1n) is 9.21. The van der Waals surface area contributed by atoms with Crippen molar-refractivity contribution in [1.29, 1.82) is 0 Å². The zero-order valence-electron chi connectivity index (χ0n) is 15.7. The van der Waals surface area contributed by atoms with E-state index < -0.39 is 57.2 Å². The summed E-state index contributed by atoms with van der Waals surface area (Å²) in [6.07, 6.45) is -2.43. The molecular formula is C22H16F8. The van der Waals surface area contributed by atoms with Crippen LogP contribution in [0.15, 0.2) is 30.3 Å². The van der Waals surface area contributed by atoms with Crippen LogP contribution in [0.3, 0.4) is 0 Å². The topological polar surface area (TPSA) is 0 Å². The summed E-state index contributed by atoms with van der Waals surface area (Å²) in [6.45, 7) is 1.97. The van der Waals surface area contributed by atoms with Gasteiger partial charge >= 0.3 is 6.18 Å². The average molecular weight is 432 g/mol. The predicted octanol–water partition coefficient (Wildman–Crippen LogP) is 7.95. The second-order valence-corrected chi connectivity index (χ2v) is 6.99. The molecule has 3 aromatic carbocycles. The second-order valence-electron chi connectivity index (χ2n) is 6.99. The minimum atomic E-state index is -5.38. The van der Waals surface area contributed by atoms with Crippen LogP contribution in [0.2, 0.25) is 0 Å². The molecule has 0 aliphatic rings. The van der Waals surface area contributed by atoms with Crippen LogP contribution >= 0.6 is 0 Å². The Kier molecular flexibility index (Phi) is 6.06. The van der Waals surface area contributed by atoms with Crippen molar-refractivity contribution >= 4 is 10.8 Å². The summed E-state index contributed by atoms with van der Waals surface area (Å²) in [7, 11) is 0. The Morgan fingerprint density at radius 3 is 1.93 bits per heavy atom. The highest BCUT2D eigenvalue weighted by Crippen LogP contribution is 2.39. The molecule has 0 saturated carbocycles. The molecule has 3 aromatic rings. The number of fused-ring (bicyclic) bond motifs is 1. The van der Waals surface area contributed by atoms with Gasteiger partial charge in [-0.3, -0.25) is 0 Å². The van der Waals surface area contributed by atoms with Crippen molar-refractivity contribution in [3.05, 3.63) is 70.5 Å². The van der Waals surface area contributed by atoms with Gasteiger partial charge in [0.15, 0.2) is 0 Å². The van der Waals surface area contributed by atoms with Crippen molar-refractivity contribution in [3.63, 3.8) is 0 Å². The van der Waals surface area contributed by atoms with Crippen LogP contribution in [0.4, 0.5) is 35.1 Å². The number of aryl methyl sites for hydroxylation is 1. The minimum Gasteiger partial charge on any atom is -0.206 e. The maximum atomic E-state index is 14.6. The SMILES string of the molecule is CCCCCc1cc(F)c(-c2cc(F)c3c(F)c(C(F)(F)F)c(F)cc3c2)c(F)c1. The minimum absolute atomic E-state index is 0.294. The number of unbranched alkanes of at least 4 members (excludes halogenated alkanes) is 2. The fraction of sp³-hybridized carbons (Fsp3) is 0.273. The van der Waals surface area contributed by atoms with E-state index in [0.29, 0.717) is 24.1 Å². The van der Waals surface area contributed by atoms with Gasteiger partial charge in [0, 0.05) is 0 Å². The molecule has 0 N–H and O–H groups in total. The molecule has 8 heteroatoms. The van der Waals surface area contributed by atoms with Gasteiger partial charge < -0.3 is 0 Å². The predicted molar refractivity (Wildman–Crippen MR) is 97.4 cm³/mol. The molecule has 0 aliphatic heterocycles. The third kappa shape index (κ3) is 4.13. The lowest BCUT2D eigenvalue weighted by molar-refractivity contribution is -0.142. The summed E-state index contributed by atoms with van der Waals surface area (Å²) in [5.41, 5.74) is -2.84. The molecule has 0 saturated heterocycles. The van der Waals surface area contributed by atoms with Gasteiger partial charge in [0.05, 0.1) is 10.9 Å². The molecule has 0 bridgehead atoms. The van der Waals surface area contributed by atoms with Gasteiger partial charge in [-0.05, 0) is 59.7 Å². The summed E-state index contributed by atoms with van der Waals surface area (Å²) in [5.74, 6) is -7.57. The highest BCUT2D eigenvalue weighted by molar-refractivity contribution is 5.89. The summed E-state index contributed by atoms with van der Waals surface area (Å²) in [6, 6.07) is 3.85. The average Bonchev–Trinajstić information content (AvgIpc) is 2.59. The van der Waals surface area contributed by atoms with Gasteiger partial charge in [0.1, 0.15) is 34.6 Å². The lowest BCUT2D eigenvalue weighted by Crippen LogP contribution is -2.12. The molecule has 0 aliphatic carbocycles. The second kappa shape index (κ2) is 8.24. The van der Waals surface area contributed by atoms with Crippen molar-refractivity contribution in [2.24, 2.45) is 0 Å². The number of halogens is 8. The number of benzene rings is 3. The Hall–Kier alpha value is -2.64. The van der Waals surface area contributed by atoms with E-state index in [2.05, 4.69) is 0 Å². The fourth-order valence-corrected chi connectivity index (χ4v) is 3.44. The molecule has 0 unspecified atom stereocenters. The van der Waals surface area contributed by atoms with Crippen molar-refractivity contribution < 1.29 is 35.1 Å². The van der Waals surface area contributed by atoms with Crippen LogP contribution in [0.25, 0.3) is 21.9 Å². The maximum Gasteiger partial charge on any atom is 0.422 e. The first kappa shape index (κ1) is 22.1. The molecule has 3 rings (SSSR count). The summed E-state index contributed by atoms with van der Waals surface area (Å²) >= 11 is 0. The van der Waals surface area contributed by atoms with Crippen LogP contribution in [0, 0.1) is 29.1 Å². The normalized spacial score (nSPS) is 12.0. The highest BCUT2D eigenvalue weighted by Gasteiger charge is 2.39. The monoisotopic (exact) mass is 432 g/mol. The molecule has 0 spiro atoms. The van der Waals surface area contributed by atoms with Crippen LogP contribution in [-0.4, -0.2) is 0 Å². The largest absolute Gasteiger partial charge is 0.422 e. The van der Waals surface area contributed by atoms with Gasteiger partial charge in [-0.2, -0.15) is 13.2 Å². The summed E-state index contributed by atoms with van der Waals surface area (Å²) < 4.78 is 110. The Balaban J connectivity index is 2.15. The van der Waals surface area contributed by atoms with Gasteiger partial charge in [-0.15, -0.1) is 0 Å².